The van der Waals surface area contributed by atoms with Crippen LogP contribution in [0.4, 0.5) is 0 Å². The average Bonchev–Trinajstić information content (AvgIpc) is 3.07. The Hall–Kier alpha value is -2.82. The Bertz CT molecular complexity index is 1030. The van der Waals surface area contributed by atoms with E-state index in [0.29, 0.717) is 13.0 Å². The number of hydrogen-bond acceptors (Lipinski definition) is 3. The van der Waals surface area contributed by atoms with Gasteiger partial charge in [0.2, 0.25) is 5.91 Å². The lowest BCUT2D eigenvalue weighted by atomic mass is 9.89. The molecule has 1 atom stereocenters. The fourth-order valence-corrected chi connectivity index (χ4v) is 4.22. The second-order valence-corrected chi connectivity index (χ2v) is 7.81. The SMILES string of the molecule is CC1(C)Cc2cc(C3CC(=O)NCc4nc5ccccn5c43)ccc2O1. The van der Waals surface area contributed by atoms with Crippen molar-refractivity contribution in [2.24, 2.45) is 0 Å². The number of benzene rings is 1. The summed E-state index contributed by atoms with van der Waals surface area (Å²) in [6.45, 7) is 4.69. The highest BCUT2D eigenvalue weighted by atomic mass is 16.5. The number of fused-ring (bicyclic) bond motifs is 4. The lowest BCUT2D eigenvalue weighted by Gasteiger charge is -2.17. The van der Waals surface area contributed by atoms with Crippen LogP contribution in [0.5, 0.6) is 5.75 Å². The van der Waals surface area contributed by atoms with Crippen LogP contribution >= 0.6 is 0 Å². The number of aromatic nitrogens is 2. The fourth-order valence-electron chi connectivity index (χ4n) is 4.22. The van der Waals surface area contributed by atoms with E-state index in [1.54, 1.807) is 0 Å². The quantitative estimate of drug-likeness (QED) is 0.735. The summed E-state index contributed by atoms with van der Waals surface area (Å²) in [5, 5.41) is 2.99. The van der Waals surface area contributed by atoms with Crippen LogP contribution in [0.1, 0.15) is 48.7 Å². The van der Waals surface area contributed by atoms with Gasteiger partial charge < -0.3 is 14.5 Å². The van der Waals surface area contributed by atoms with E-state index in [0.717, 1.165) is 34.8 Å². The molecule has 0 spiro atoms. The average molecular weight is 347 g/mol. The predicted octanol–water partition coefficient (Wildman–Crippen LogP) is 3.20. The van der Waals surface area contributed by atoms with Gasteiger partial charge in [-0.3, -0.25) is 4.79 Å². The Morgan fingerprint density at radius 2 is 2.15 bits per heavy atom. The van der Waals surface area contributed by atoms with E-state index in [2.05, 4.69) is 35.7 Å². The Morgan fingerprint density at radius 3 is 3.04 bits per heavy atom. The van der Waals surface area contributed by atoms with E-state index in [4.69, 9.17) is 9.72 Å². The molecule has 2 aliphatic rings. The van der Waals surface area contributed by atoms with Gasteiger partial charge in [0, 0.05) is 25.0 Å². The molecule has 5 nitrogen and oxygen atoms in total. The third-order valence-corrected chi connectivity index (χ3v) is 5.31. The van der Waals surface area contributed by atoms with Crippen molar-refractivity contribution >= 4 is 11.6 Å². The first-order chi connectivity index (χ1) is 12.5. The number of pyridine rings is 1. The van der Waals surface area contributed by atoms with Crippen LogP contribution in [0, 0.1) is 0 Å². The molecule has 26 heavy (non-hydrogen) atoms. The summed E-state index contributed by atoms with van der Waals surface area (Å²) in [4.78, 5) is 17.1. The van der Waals surface area contributed by atoms with Gasteiger partial charge in [-0.1, -0.05) is 18.2 Å². The summed E-state index contributed by atoms with van der Waals surface area (Å²) in [7, 11) is 0. The zero-order chi connectivity index (χ0) is 17.9. The third kappa shape index (κ3) is 2.38. The van der Waals surface area contributed by atoms with E-state index < -0.39 is 0 Å². The Balaban J connectivity index is 1.66. The van der Waals surface area contributed by atoms with E-state index >= 15 is 0 Å². The van der Waals surface area contributed by atoms with Gasteiger partial charge in [-0.25, -0.2) is 4.98 Å². The monoisotopic (exact) mass is 347 g/mol. The molecule has 5 heteroatoms. The zero-order valence-electron chi connectivity index (χ0n) is 15.0. The van der Waals surface area contributed by atoms with Crippen molar-refractivity contribution in [1.29, 1.82) is 0 Å². The van der Waals surface area contributed by atoms with E-state index in [9.17, 15) is 4.79 Å². The van der Waals surface area contributed by atoms with Crippen LogP contribution in [0.25, 0.3) is 5.65 Å². The topological polar surface area (TPSA) is 55.6 Å². The lowest BCUT2D eigenvalue weighted by Crippen LogP contribution is -2.24. The van der Waals surface area contributed by atoms with Crippen LogP contribution in [0.2, 0.25) is 0 Å². The van der Waals surface area contributed by atoms with E-state index in [1.807, 2.05) is 30.5 Å². The largest absolute Gasteiger partial charge is 0.487 e. The van der Waals surface area contributed by atoms with Crippen molar-refractivity contribution in [1.82, 2.24) is 14.7 Å². The van der Waals surface area contributed by atoms with Crippen molar-refractivity contribution in [3.8, 4) is 5.75 Å². The van der Waals surface area contributed by atoms with Gasteiger partial charge >= 0.3 is 0 Å². The van der Waals surface area contributed by atoms with Crippen molar-refractivity contribution in [2.45, 2.75) is 44.8 Å². The zero-order valence-corrected chi connectivity index (χ0v) is 15.0. The van der Waals surface area contributed by atoms with E-state index in [1.165, 1.54) is 5.56 Å². The molecule has 4 heterocycles. The molecule has 0 bridgehead atoms. The molecule has 1 unspecified atom stereocenters. The molecule has 0 saturated heterocycles. The molecular formula is C21H21N3O2. The first-order valence-electron chi connectivity index (χ1n) is 9.05. The summed E-state index contributed by atoms with van der Waals surface area (Å²) < 4.78 is 8.13. The predicted molar refractivity (Wildman–Crippen MR) is 98.4 cm³/mol. The maximum atomic E-state index is 12.3. The second kappa shape index (κ2) is 5.34. The van der Waals surface area contributed by atoms with Crippen molar-refractivity contribution in [2.75, 3.05) is 0 Å². The number of carbonyl (C=O) groups excluding carboxylic acids is 1. The van der Waals surface area contributed by atoms with Gasteiger partial charge in [0.05, 0.1) is 17.9 Å². The summed E-state index contributed by atoms with van der Waals surface area (Å²) in [6, 6.07) is 12.3. The number of imidazole rings is 1. The highest BCUT2D eigenvalue weighted by molar-refractivity contribution is 5.78. The van der Waals surface area contributed by atoms with Gasteiger partial charge in [0.1, 0.15) is 17.0 Å². The molecule has 132 valence electrons. The molecule has 1 amide bonds. The second-order valence-electron chi connectivity index (χ2n) is 7.81. The lowest BCUT2D eigenvalue weighted by molar-refractivity contribution is -0.121. The van der Waals surface area contributed by atoms with Crippen LogP contribution in [0.3, 0.4) is 0 Å². The van der Waals surface area contributed by atoms with Crippen LogP contribution < -0.4 is 10.1 Å². The maximum absolute atomic E-state index is 12.3. The van der Waals surface area contributed by atoms with Gasteiger partial charge in [0.15, 0.2) is 0 Å². The molecule has 1 N–H and O–H groups in total. The summed E-state index contributed by atoms with van der Waals surface area (Å²) in [6.07, 6.45) is 3.34. The van der Waals surface area contributed by atoms with E-state index in [-0.39, 0.29) is 17.4 Å². The first-order valence-corrected chi connectivity index (χ1v) is 9.05. The molecular weight excluding hydrogens is 326 g/mol. The summed E-state index contributed by atoms with van der Waals surface area (Å²) in [5.74, 6) is 1.00. The third-order valence-electron chi connectivity index (χ3n) is 5.31. The van der Waals surface area contributed by atoms with Gasteiger partial charge in [-0.15, -0.1) is 0 Å². The maximum Gasteiger partial charge on any atom is 0.221 e. The molecule has 5 rings (SSSR count). The standard InChI is InChI=1S/C21H21N3O2/c1-21(2)11-14-9-13(6-7-17(14)26-21)15-10-19(25)22-12-16-20(15)24-8-4-3-5-18(24)23-16/h3-9,15H,10-12H2,1-2H3,(H,22,25). The Labute approximate surface area is 152 Å². The number of nitrogens with zero attached hydrogens (tertiary/aromatic N) is 2. The van der Waals surface area contributed by atoms with Gasteiger partial charge in [0.25, 0.3) is 0 Å². The summed E-state index contributed by atoms with van der Waals surface area (Å²) >= 11 is 0. The highest BCUT2D eigenvalue weighted by Gasteiger charge is 2.33. The number of carbonyl (C=O) groups is 1. The Kier molecular flexibility index (Phi) is 3.17. The normalized spacial score (nSPS) is 20.8. The minimum atomic E-state index is -0.170. The number of ether oxygens (including phenoxy) is 1. The minimum Gasteiger partial charge on any atom is -0.487 e. The smallest absolute Gasteiger partial charge is 0.221 e. The Morgan fingerprint density at radius 1 is 1.27 bits per heavy atom. The van der Waals surface area contributed by atoms with Crippen LogP contribution in [0.15, 0.2) is 42.6 Å². The van der Waals surface area contributed by atoms with Gasteiger partial charge in [-0.2, -0.15) is 0 Å². The highest BCUT2D eigenvalue weighted by Crippen LogP contribution is 2.39. The number of nitrogens with one attached hydrogen (secondary N) is 1. The minimum absolute atomic E-state index is 0.0149. The van der Waals surface area contributed by atoms with Gasteiger partial charge in [-0.05, 0) is 43.2 Å². The molecule has 2 aliphatic heterocycles. The number of hydrogen-bond donors (Lipinski definition) is 1. The molecule has 2 aromatic heterocycles. The number of amides is 1. The molecule has 0 saturated carbocycles. The molecule has 0 fully saturated rings. The van der Waals surface area contributed by atoms with Crippen LogP contribution in [-0.4, -0.2) is 20.9 Å². The summed E-state index contributed by atoms with van der Waals surface area (Å²) in [5.41, 5.74) is 5.17. The van der Waals surface area contributed by atoms with Crippen LogP contribution in [-0.2, 0) is 17.8 Å². The number of rotatable bonds is 1. The molecule has 0 radical (unpaired) electrons. The fraction of sp³-hybridized carbons (Fsp3) is 0.333. The van der Waals surface area contributed by atoms with Crippen molar-refractivity contribution in [3.63, 3.8) is 0 Å². The van der Waals surface area contributed by atoms with Crippen molar-refractivity contribution < 1.29 is 9.53 Å². The molecule has 0 aliphatic carbocycles. The first kappa shape index (κ1) is 15.4. The molecule has 3 aromatic rings. The van der Waals surface area contributed by atoms with Crippen molar-refractivity contribution in [3.05, 3.63) is 65.1 Å². The molecule has 1 aromatic carbocycles.